The lowest BCUT2D eigenvalue weighted by atomic mass is 9.87. The maximum absolute atomic E-state index is 13.1. The normalized spacial score (nSPS) is 20.9. The summed E-state index contributed by atoms with van der Waals surface area (Å²) >= 11 is 0. The highest BCUT2D eigenvalue weighted by Crippen LogP contribution is 2.45. The number of hydrogen-bond donors (Lipinski definition) is 3. The van der Waals surface area contributed by atoms with Crippen LogP contribution in [0.25, 0.3) is 16.8 Å². The van der Waals surface area contributed by atoms with Crippen LogP contribution in [0.1, 0.15) is 58.4 Å². The predicted octanol–water partition coefficient (Wildman–Crippen LogP) is 0.806. The number of amides is 2. The summed E-state index contributed by atoms with van der Waals surface area (Å²) in [5.41, 5.74) is 8.70. The van der Waals surface area contributed by atoms with Crippen LogP contribution in [0, 0.1) is 0 Å². The summed E-state index contributed by atoms with van der Waals surface area (Å²) in [5, 5.41) is 13.4. The molecule has 2 aliphatic rings. The number of H-pyrrole nitrogens is 1. The molecular formula is C24H26N10O4S. The lowest BCUT2D eigenvalue weighted by Gasteiger charge is -2.38. The Balaban J connectivity index is 1.42. The van der Waals surface area contributed by atoms with Crippen LogP contribution in [0.15, 0.2) is 35.7 Å². The van der Waals surface area contributed by atoms with Gasteiger partial charge in [0, 0.05) is 48.6 Å². The maximum Gasteiger partial charge on any atom is 0.294 e. The minimum Gasteiger partial charge on any atom is -0.382 e. The Bertz CT molecular complexity index is 1680. The van der Waals surface area contributed by atoms with E-state index >= 15 is 0 Å². The number of piperidine rings is 1. The number of aromatic nitrogens is 7. The van der Waals surface area contributed by atoms with Crippen LogP contribution in [-0.4, -0.2) is 85.3 Å². The van der Waals surface area contributed by atoms with Crippen LogP contribution < -0.4 is 11.1 Å². The molecule has 0 aliphatic carbocycles. The number of sulfone groups is 1. The fraction of sp³-hybridized carbons (Fsp3) is 0.375. The van der Waals surface area contributed by atoms with Gasteiger partial charge in [-0.25, -0.2) is 18.4 Å². The first kappa shape index (κ1) is 24.9. The molecule has 6 heterocycles. The number of hydrogen-bond acceptors (Lipinski definition) is 10. The number of nitrogens with one attached hydrogen (secondary N) is 2. The van der Waals surface area contributed by atoms with E-state index in [0.717, 1.165) is 19.1 Å². The summed E-state index contributed by atoms with van der Waals surface area (Å²) in [6.07, 6.45) is 8.22. The number of carbonyl (C=O) groups is 2. The van der Waals surface area contributed by atoms with Gasteiger partial charge in [-0.3, -0.25) is 19.7 Å². The van der Waals surface area contributed by atoms with E-state index in [-0.39, 0.29) is 52.0 Å². The summed E-state index contributed by atoms with van der Waals surface area (Å²) in [6.45, 7) is 0. The molecule has 6 rings (SSSR count). The van der Waals surface area contributed by atoms with Crippen molar-refractivity contribution in [3.05, 3.63) is 48.1 Å². The summed E-state index contributed by atoms with van der Waals surface area (Å²) in [7, 11) is -2.24. The second-order valence-electron chi connectivity index (χ2n) is 9.88. The monoisotopic (exact) mass is 550 g/mol. The topological polar surface area (TPSA) is 194 Å². The van der Waals surface area contributed by atoms with E-state index in [1.165, 1.54) is 24.1 Å². The molecule has 39 heavy (non-hydrogen) atoms. The molecule has 14 nitrogen and oxygen atoms in total. The van der Waals surface area contributed by atoms with E-state index in [9.17, 15) is 18.0 Å². The number of nitrogens with zero attached hydrogens (tertiary/aromatic N) is 7. The maximum atomic E-state index is 13.1. The molecule has 4 N–H and O–H groups in total. The van der Waals surface area contributed by atoms with E-state index in [0.29, 0.717) is 35.3 Å². The number of fused-ring (bicyclic) bond motifs is 3. The fourth-order valence-electron chi connectivity index (χ4n) is 5.85. The van der Waals surface area contributed by atoms with Gasteiger partial charge in [0.05, 0.1) is 11.9 Å². The molecule has 0 radical (unpaired) electrons. The first-order valence-electron chi connectivity index (χ1n) is 12.4. The number of aromatic amines is 1. The smallest absolute Gasteiger partial charge is 0.294 e. The molecule has 2 amide bonds. The molecular weight excluding hydrogens is 524 g/mol. The Morgan fingerprint density at radius 3 is 2.46 bits per heavy atom. The second kappa shape index (κ2) is 9.11. The molecule has 4 aromatic heterocycles. The van der Waals surface area contributed by atoms with Crippen molar-refractivity contribution in [3.8, 4) is 11.1 Å². The minimum atomic E-state index is -3.77. The SMILES string of the molecule is CNC(=O)c1ccc(-c2cnn3c(N)c(S(C)(=O)=O)c([C@@H]4C[C@H]5CC[C@@H](C4)N5C(=O)c4nc[nH]n4)nc23)cn1. The molecule has 4 aromatic rings. The zero-order valence-corrected chi connectivity index (χ0v) is 22.0. The van der Waals surface area contributed by atoms with Crippen LogP contribution >= 0.6 is 0 Å². The van der Waals surface area contributed by atoms with E-state index in [1.807, 2.05) is 4.90 Å². The minimum absolute atomic E-state index is 0.0229. The van der Waals surface area contributed by atoms with Crippen molar-refractivity contribution in [2.75, 3.05) is 19.0 Å². The Kier molecular flexibility index (Phi) is 5.82. The number of nitrogen functional groups attached to an aromatic ring is 1. The second-order valence-corrected chi connectivity index (χ2v) is 11.8. The van der Waals surface area contributed by atoms with Gasteiger partial charge in [0.2, 0.25) is 5.82 Å². The molecule has 0 unspecified atom stereocenters. The lowest BCUT2D eigenvalue weighted by Crippen LogP contribution is -2.46. The van der Waals surface area contributed by atoms with Crippen molar-refractivity contribution < 1.29 is 18.0 Å². The number of nitrogens with two attached hydrogens (primary N) is 1. The first-order chi connectivity index (χ1) is 18.7. The van der Waals surface area contributed by atoms with E-state index < -0.39 is 9.84 Å². The first-order valence-corrected chi connectivity index (χ1v) is 14.3. The van der Waals surface area contributed by atoms with Gasteiger partial charge in [-0.1, -0.05) is 6.07 Å². The molecule has 0 aromatic carbocycles. The number of carbonyl (C=O) groups excluding carboxylic acids is 2. The van der Waals surface area contributed by atoms with Crippen LogP contribution in [0.2, 0.25) is 0 Å². The Labute approximate surface area is 223 Å². The molecule has 2 fully saturated rings. The zero-order valence-electron chi connectivity index (χ0n) is 21.2. The quantitative estimate of drug-likeness (QED) is 0.320. The summed E-state index contributed by atoms with van der Waals surface area (Å²) in [5.74, 6) is -0.700. The van der Waals surface area contributed by atoms with Crippen LogP contribution in [0.5, 0.6) is 0 Å². The number of anilines is 1. The standard InChI is InChI=1S/C24H26N10O4S/c1-26-23(35)17-6-3-12(9-27-17)16-10-30-34-20(25)19(39(2,37)38)18(31-22(16)34)13-7-14-4-5-15(8-13)33(14)24(36)21-28-11-29-32-21/h3,6,9-11,13-15H,4-5,7-8,25H2,1-2H3,(H,26,35)(H,28,29,32)/t13-,14-,15+. The Hall–Kier alpha value is -4.40. The van der Waals surface area contributed by atoms with E-state index in [4.69, 9.17) is 10.7 Å². The highest BCUT2D eigenvalue weighted by molar-refractivity contribution is 7.91. The van der Waals surface area contributed by atoms with Crippen molar-refractivity contribution >= 4 is 33.1 Å². The third-order valence-electron chi connectivity index (χ3n) is 7.53. The third-order valence-corrected chi connectivity index (χ3v) is 8.69. The van der Waals surface area contributed by atoms with Gasteiger partial charge in [0.15, 0.2) is 15.5 Å². The number of rotatable bonds is 5. The highest BCUT2D eigenvalue weighted by Gasteiger charge is 2.46. The molecule has 2 bridgehead atoms. The molecule has 15 heteroatoms. The van der Waals surface area contributed by atoms with E-state index in [2.05, 4.69) is 30.6 Å². The summed E-state index contributed by atoms with van der Waals surface area (Å²) < 4.78 is 27.3. The van der Waals surface area contributed by atoms with Gasteiger partial charge < -0.3 is 16.0 Å². The highest BCUT2D eigenvalue weighted by atomic mass is 32.2. The van der Waals surface area contributed by atoms with E-state index in [1.54, 1.807) is 18.3 Å². The summed E-state index contributed by atoms with van der Waals surface area (Å²) in [4.78, 5) is 39.8. The van der Waals surface area contributed by atoms with Gasteiger partial charge in [-0.2, -0.15) is 9.61 Å². The van der Waals surface area contributed by atoms with Crippen LogP contribution in [0.3, 0.4) is 0 Å². The average molecular weight is 551 g/mol. The van der Waals surface area contributed by atoms with Crippen molar-refractivity contribution in [2.45, 2.75) is 48.6 Å². The number of pyridine rings is 1. The van der Waals surface area contributed by atoms with Crippen molar-refractivity contribution in [1.29, 1.82) is 0 Å². The van der Waals surface area contributed by atoms with Gasteiger partial charge in [-0.05, 0) is 31.7 Å². The largest absolute Gasteiger partial charge is 0.382 e. The van der Waals surface area contributed by atoms with Crippen LogP contribution in [0.4, 0.5) is 5.82 Å². The zero-order chi connectivity index (χ0) is 27.5. The fourth-order valence-corrected chi connectivity index (χ4v) is 6.91. The molecule has 3 atom stereocenters. The van der Waals surface area contributed by atoms with Crippen LogP contribution in [-0.2, 0) is 9.84 Å². The third kappa shape index (κ3) is 4.09. The van der Waals surface area contributed by atoms with Gasteiger partial charge in [0.1, 0.15) is 22.7 Å². The van der Waals surface area contributed by atoms with Gasteiger partial charge >= 0.3 is 0 Å². The molecule has 202 valence electrons. The van der Waals surface area contributed by atoms with Crippen molar-refractivity contribution in [3.63, 3.8) is 0 Å². The van der Waals surface area contributed by atoms with Crippen molar-refractivity contribution in [1.82, 2.24) is 45.0 Å². The molecule has 2 aliphatic heterocycles. The Morgan fingerprint density at radius 2 is 1.87 bits per heavy atom. The molecule has 0 saturated carbocycles. The van der Waals surface area contributed by atoms with Gasteiger partial charge in [0.25, 0.3) is 11.8 Å². The Morgan fingerprint density at radius 1 is 1.13 bits per heavy atom. The molecule has 2 saturated heterocycles. The summed E-state index contributed by atoms with van der Waals surface area (Å²) in [6, 6.07) is 3.12. The van der Waals surface area contributed by atoms with Gasteiger partial charge in [-0.15, -0.1) is 5.10 Å². The van der Waals surface area contributed by atoms with Crippen molar-refractivity contribution in [2.24, 2.45) is 0 Å². The average Bonchev–Trinajstić information content (AvgIpc) is 3.65. The lowest BCUT2D eigenvalue weighted by molar-refractivity contribution is 0.0556. The predicted molar refractivity (Wildman–Crippen MR) is 138 cm³/mol. The molecule has 0 spiro atoms.